The van der Waals surface area contributed by atoms with Gasteiger partial charge in [-0.05, 0) is 5.56 Å². The number of aromatic carboxylic acids is 1. The highest BCUT2D eigenvalue weighted by Crippen LogP contribution is 2.35. The predicted molar refractivity (Wildman–Crippen MR) is 63.8 cm³/mol. The van der Waals surface area contributed by atoms with E-state index in [1.807, 2.05) is 0 Å². The number of nitrogens with zero attached hydrogens (tertiary/aromatic N) is 1. The number of halogens is 3. The smallest absolute Gasteiger partial charge is 0.437 e. The second-order valence-corrected chi connectivity index (χ2v) is 4.06. The molecule has 112 valence electrons. The Morgan fingerprint density at radius 3 is 2.38 bits per heavy atom. The van der Waals surface area contributed by atoms with Crippen LogP contribution in [-0.4, -0.2) is 23.2 Å². The number of carboxylic acid groups (broad SMARTS) is 1. The Balaban J connectivity index is 2.51. The summed E-state index contributed by atoms with van der Waals surface area (Å²) in [6.45, 7) is 0. The van der Waals surface area contributed by atoms with Crippen molar-refractivity contribution in [3.8, 4) is 0 Å². The molecule has 2 aromatic rings. The van der Waals surface area contributed by atoms with Crippen LogP contribution in [0.5, 0.6) is 0 Å². The minimum absolute atomic E-state index is 0.464. The van der Waals surface area contributed by atoms with Crippen LogP contribution in [0.2, 0.25) is 0 Å². The SMILES string of the molecule is COC(c1ccccc1)c1nc(C(F)(F)F)c(C(=O)O)o1. The van der Waals surface area contributed by atoms with Gasteiger partial charge < -0.3 is 14.3 Å². The van der Waals surface area contributed by atoms with Gasteiger partial charge in [-0.3, -0.25) is 0 Å². The minimum Gasteiger partial charge on any atom is -0.475 e. The number of aromatic nitrogens is 1. The number of rotatable bonds is 4. The Bertz CT molecular complexity index is 637. The van der Waals surface area contributed by atoms with E-state index in [0.717, 1.165) is 0 Å². The summed E-state index contributed by atoms with van der Waals surface area (Å²) in [6.07, 6.45) is -5.95. The molecule has 1 aromatic heterocycles. The van der Waals surface area contributed by atoms with E-state index in [2.05, 4.69) is 4.98 Å². The lowest BCUT2D eigenvalue weighted by atomic mass is 10.1. The molecule has 5 nitrogen and oxygen atoms in total. The molecule has 1 unspecified atom stereocenters. The van der Waals surface area contributed by atoms with Gasteiger partial charge in [-0.15, -0.1) is 0 Å². The van der Waals surface area contributed by atoms with Gasteiger partial charge >= 0.3 is 12.1 Å². The second-order valence-electron chi connectivity index (χ2n) is 4.06. The third kappa shape index (κ3) is 3.05. The summed E-state index contributed by atoms with van der Waals surface area (Å²) in [7, 11) is 1.26. The molecule has 2 rings (SSSR count). The van der Waals surface area contributed by atoms with Crippen molar-refractivity contribution in [2.75, 3.05) is 7.11 Å². The van der Waals surface area contributed by atoms with E-state index in [-0.39, 0.29) is 0 Å². The average molecular weight is 301 g/mol. The molecule has 0 amide bonds. The van der Waals surface area contributed by atoms with Crippen LogP contribution >= 0.6 is 0 Å². The van der Waals surface area contributed by atoms with Crippen LogP contribution in [0, 0.1) is 0 Å². The van der Waals surface area contributed by atoms with E-state index < -0.39 is 35.6 Å². The topological polar surface area (TPSA) is 72.6 Å². The fourth-order valence-corrected chi connectivity index (χ4v) is 1.79. The van der Waals surface area contributed by atoms with Crippen molar-refractivity contribution in [2.24, 2.45) is 0 Å². The molecule has 0 bridgehead atoms. The highest BCUT2D eigenvalue weighted by molar-refractivity contribution is 5.85. The first-order chi connectivity index (χ1) is 9.84. The summed E-state index contributed by atoms with van der Waals surface area (Å²) in [6, 6.07) is 8.24. The van der Waals surface area contributed by atoms with Gasteiger partial charge in [0.2, 0.25) is 11.7 Å². The molecule has 21 heavy (non-hydrogen) atoms. The number of hydrogen-bond acceptors (Lipinski definition) is 4. The monoisotopic (exact) mass is 301 g/mol. The van der Waals surface area contributed by atoms with E-state index >= 15 is 0 Å². The van der Waals surface area contributed by atoms with Crippen LogP contribution < -0.4 is 0 Å². The molecule has 1 aromatic carbocycles. The molecular formula is C13H10F3NO4. The summed E-state index contributed by atoms with van der Waals surface area (Å²) >= 11 is 0. The van der Waals surface area contributed by atoms with E-state index in [4.69, 9.17) is 14.3 Å². The molecule has 0 saturated heterocycles. The second kappa shape index (κ2) is 5.57. The lowest BCUT2D eigenvalue weighted by molar-refractivity contribution is -0.141. The molecular weight excluding hydrogens is 291 g/mol. The fraction of sp³-hybridized carbons (Fsp3) is 0.231. The van der Waals surface area contributed by atoms with Gasteiger partial charge in [0.05, 0.1) is 0 Å². The number of oxazole rings is 1. The minimum atomic E-state index is -4.93. The summed E-state index contributed by atoms with van der Waals surface area (Å²) in [5.41, 5.74) is -1.09. The Morgan fingerprint density at radius 1 is 1.33 bits per heavy atom. The highest BCUT2D eigenvalue weighted by atomic mass is 19.4. The molecule has 0 radical (unpaired) electrons. The van der Waals surface area contributed by atoms with Crippen molar-refractivity contribution < 1.29 is 32.2 Å². The number of carboxylic acids is 1. The number of ether oxygens (including phenoxy) is 1. The van der Waals surface area contributed by atoms with Crippen molar-refractivity contribution in [3.05, 3.63) is 53.2 Å². The Hall–Kier alpha value is -2.35. The molecule has 0 fully saturated rings. The lowest BCUT2D eigenvalue weighted by Gasteiger charge is -2.11. The number of hydrogen-bond donors (Lipinski definition) is 1. The number of benzene rings is 1. The maximum Gasteiger partial charge on any atom is 0.437 e. The Labute approximate surface area is 117 Å². The highest BCUT2D eigenvalue weighted by Gasteiger charge is 2.42. The molecule has 0 aliphatic heterocycles. The zero-order chi connectivity index (χ0) is 15.6. The third-order valence-corrected chi connectivity index (χ3v) is 2.67. The standard InChI is InChI=1S/C13H10F3NO4/c1-20-8(7-5-3-2-4-6-7)11-17-10(13(14,15)16)9(21-11)12(18)19/h2-6,8H,1H3,(H,18,19). The van der Waals surface area contributed by atoms with Crippen LogP contribution in [0.3, 0.4) is 0 Å². The van der Waals surface area contributed by atoms with Crippen molar-refractivity contribution in [1.82, 2.24) is 4.98 Å². The zero-order valence-corrected chi connectivity index (χ0v) is 10.7. The largest absolute Gasteiger partial charge is 0.475 e. The fourth-order valence-electron chi connectivity index (χ4n) is 1.79. The summed E-state index contributed by atoms with van der Waals surface area (Å²) in [5, 5.41) is 8.79. The number of carbonyl (C=O) groups is 1. The van der Waals surface area contributed by atoms with Crippen LogP contribution in [0.4, 0.5) is 13.2 Å². The van der Waals surface area contributed by atoms with Crippen LogP contribution in [-0.2, 0) is 10.9 Å². The van der Waals surface area contributed by atoms with Gasteiger partial charge in [0.1, 0.15) is 0 Å². The van der Waals surface area contributed by atoms with E-state index in [9.17, 15) is 18.0 Å². The van der Waals surface area contributed by atoms with Crippen molar-refractivity contribution >= 4 is 5.97 Å². The van der Waals surface area contributed by atoms with Crippen LogP contribution in [0.1, 0.15) is 33.8 Å². The van der Waals surface area contributed by atoms with Gasteiger partial charge in [0, 0.05) is 7.11 Å². The van der Waals surface area contributed by atoms with Gasteiger partial charge in [0.25, 0.3) is 0 Å². The summed E-state index contributed by atoms with van der Waals surface area (Å²) < 4.78 is 48.1. The molecule has 8 heteroatoms. The maximum absolute atomic E-state index is 12.8. The third-order valence-electron chi connectivity index (χ3n) is 2.67. The quantitative estimate of drug-likeness (QED) is 0.939. The molecule has 1 heterocycles. The van der Waals surface area contributed by atoms with Crippen molar-refractivity contribution in [2.45, 2.75) is 12.3 Å². The lowest BCUT2D eigenvalue weighted by Crippen LogP contribution is -2.12. The first-order valence-electron chi connectivity index (χ1n) is 5.73. The van der Waals surface area contributed by atoms with Crippen molar-refractivity contribution in [3.63, 3.8) is 0 Å². The maximum atomic E-state index is 12.8. The first-order valence-corrected chi connectivity index (χ1v) is 5.73. The molecule has 0 aliphatic carbocycles. The Kier molecular flexibility index (Phi) is 3.99. The van der Waals surface area contributed by atoms with Gasteiger partial charge in [-0.2, -0.15) is 13.2 Å². The molecule has 1 atom stereocenters. The molecule has 0 spiro atoms. The van der Waals surface area contributed by atoms with Gasteiger partial charge in [-0.25, -0.2) is 9.78 Å². The molecule has 1 N–H and O–H groups in total. The number of methoxy groups -OCH3 is 1. The van der Waals surface area contributed by atoms with Gasteiger partial charge in [-0.1, -0.05) is 30.3 Å². The summed E-state index contributed by atoms with van der Waals surface area (Å²) in [5.74, 6) is -3.56. The average Bonchev–Trinajstić information content (AvgIpc) is 2.86. The normalized spacial score (nSPS) is 13.1. The van der Waals surface area contributed by atoms with Gasteiger partial charge in [0.15, 0.2) is 11.8 Å². The number of alkyl halides is 3. The van der Waals surface area contributed by atoms with Crippen LogP contribution in [0.15, 0.2) is 34.7 Å². The van der Waals surface area contributed by atoms with E-state index in [1.165, 1.54) is 7.11 Å². The molecule has 0 saturated carbocycles. The van der Waals surface area contributed by atoms with Crippen LogP contribution in [0.25, 0.3) is 0 Å². The summed E-state index contributed by atoms with van der Waals surface area (Å²) in [4.78, 5) is 14.1. The van der Waals surface area contributed by atoms with E-state index in [1.54, 1.807) is 30.3 Å². The first kappa shape index (κ1) is 15.0. The van der Waals surface area contributed by atoms with E-state index in [0.29, 0.717) is 5.56 Å². The molecule has 0 aliphatic rings. The van der Waals surface area contributed by atoms with Crippen molar-refractivity contribution in [1.29, 1.82) is 0 Å². The Morgan fingerprint density at radius 2 is 1.95 bits per heavy atom. The predicted octanol–water partition coefficient (Wildman–Crippen LogP) is 3.13. The zero-order valence-electron chi connectivity index (χ0n) is 10.7.